The first-order chi connectivity index (χ1) is 8.21. The van der Waals surface area contributed by atoms with Gasteiger partial charge >= 0.3 is 0 Å². The molecule has 0 unspecified atom stereocenters. The molecule has 0 fully saturated rings. The highest BCUT2D eigenvalue weighted by molar-refractivity contribution is 5.51. The molecule has 2 heteroatoms. The number of nitriles is 2. The van der Waals surface area contributed by atoms with E-state index in [4.69, 9.17) is 16.9 Å². The molecule has 82 valence electrons. The molecule has 0 saturated carbocycles. The van der Waals surface area contributed by atoms with Crippen LogP contribution in [0.2, 0.25) is 0 Å². The lowest BCUT2D eigenvalue weighted by Gasteiger charge is -2.10. The molecule has 1 aliphatic rings. The summed E-state index contributed by atoms with van der Waals surface area (Å²) in [6, 6.07) is 4.17. The Morgan fingerprint density at radius 2 is 2.06 bits per heavy atom. The summed E-state index contributed by atoms with van der Waals surface area (Å²) in [7, 11) is 0. The summed E-state index contributed by atoms with van der Waals surface area (Å²) in [5.41, 5.74) is 3.19. The van der Waals surface area contributed by atoms with E-state index >= 15 is 0 Å². The molecular weight excluding hydrogens is 208 g/mol. The molecule has 0 aromatic heterocycles. The third kappa shape index (κ3) is 3.53. The van der Waals surface area contributed by atoms with Crippen LogP contribution < -0.4 is 0 Å². The van der Waals surface area contributed by atoms with E-state index in [9.17, 15) is 0 Å². The Kier molecular flexibility index (Phi) is 4.56. The summed E-state index contributed by atoms with van der Waals surface area (Å²) in [6.07, 6.45) is 14.1. The summed E-state index contributed by atoms with van der Waals surface area (Å²) < 4.78 is 0. The predicted octanol–water partition coefficient (Wildman–Crippen LogP) is 3.19. The van der Waals surface area contributed by atoms with Gasteiger partial charge in [0.15, 0.2) is 0 Å². The lowest BCUT2D eigenvalue weighted by molar-refractivity contribution is 0.947. The second-order valence-electron chi connectivity index (χ2n) is 3.68. The average molecular weight is 220 g/mol. The minimum atomic E-state index is 0.613. The van der Waals surface area contributed by atoms with Crippen molar-refractivity contribution in [3.63, 3.8) is 0 Å². The molecule has 0 aliphatic heterocycles. The Morgan fingerprint density at radius 3 is 2.53 bits per heavy atom. The monoisotopic (exact) mass is 220 g/mol. The smallest absolute Gasteiger partial charge is 0.0947 e. The van der Waals surface area contributed by atoms with Gasteiger partial charge < -0.3 is 0 Å². The first-order valence-corrected chi connectivity index (χ1v) is 5.26. The molecule has 17 heavy (non-hydrogen) atoms. The van der Waals surface area contributed by atoms with Crippen LogP contribution in [0, 0.1) is 35.0 Å². The van der Waals surface area contributed by atoms with Crippen molar-refractivity contribution >= 4 is 0 Å². The fraction of sp³-hybridized carbons (Fsp3) is 0.200. The number of rotatable bonds is 2. The highest BCUT2D eigenvalue weighted by atomic mass is 14.3. The highest BCUT2D eigenvalue weighted by Gasteiger charge is 2.08. The minimum absolute atomic E-state index is 0.613. The van der Waals surface area contributed by atoms with E-state index in [2.05, 4.69) is 12.0 Å². The van der Waals surface area contributed by atoms with Crippen LogP contribution in [-0.4, -0.2) is 0 Å². The summed E-state index contributed by atoms with van der Waals surface area (Å²) in [5, 5.41) is 17.4. The number of terminal acetylenes is 1. The first kappa shape index (κ1) is 12.6. The van der Waals surface area contributed by atoms with Crippen LogP contribution in [0.3, 0.4) is 0 Å². The van der Waals surface area contributed by atoms with Gasteiger partial charge in [-0.1, -0.05) is 12.0 Å². The third-order valence-corrected chi connectivity index (χ3v) is 2.47. The Hall–Kier alpha value is -2.50. The van der Waals surface area contributed by atoms with Gasteiger partial charge in [-0.05, 0) is 43.6 Å². The first-order valence-electron chi connectivity index (χ1n) is 5.26. The van der Waals surface area contributed by atoms with Crippen molar-refractivity contribution in [2.45, 2.75) is 19.8 Å². The molecule has 0 saturated heterocycles. The molecule has 1 aliphatic carbocycles. The maximum absolute atomic E-state index is 8.73. The van der Waals surface area contributed by atoms with Gasteiger partial charge in [0.05, 0.1) is 12.1 Å². The van der Waals surface area contributed by atoms with E-state index in [0.29, 0.717) is 5.57 Å². The standard InChI is InChI=1S/C15H12N2/c1-3-14(7-4-12(2)10-16)15-8-5-13(11-17)6-9-15/h1,4-5,7-8H,6,9H2,2H3/b12-4+,14-7+. The van der Waals surface area contributed by atoms with Gasteiger partial charge in [-0.3, -0.25) is 0 Å². The highest BCUT2D eigenvalue weighted by Crippen LogP contribution is 2.23. The van der Waals surface area contributed by atoms with Gasteiger partial charge in [0.1, 0.15) is 0 Å². The molecule has 0 radical (unpaired) electrons. The van der Waals surface area contributed by atoms with Crippen LogP contribution in [0.4, 0.5) is 0 Å². The molecule has 1 rings (SSSR count). The Morgan fingerprint density at radius 1 is 1.29 bits per heavy atom. The van der Waals surface area contributed by atoms with Crippen molar-refractivity contribution in [3.8, 4) is 24.5 Å². The third-order valence-electron chi connectivity index (χ3n) is 2.47. The summed E-state index contributed by atoms with van der Waals surface area (Å²) in [5.74, 6) is 2.61. The number of allylic oxidation sites excluding steroid dienone is 8. The van der Waals surface area contributed by atoms with Crippen molar-refractivity contribution in [3.05, 3.63) is 46.6 Å². The summed E-state index contributed by atoms with van der Waals surface area (Å²) in [6.45, 7) is 1.73. The van der Waals surface area contributed by atoms with Gasteiger partial charge in [0, 0.05) is 16.7 Å². The fourth-order valence-corrected chi connectivity index (χ4v) is 1.45. The van der Waals surface area contributed by atoms with Crippen LogP contribution in [0.25, 0.3) is 0 Å². The SMILES string of the molecule is C#C/C(=C\C=C(/C)C#N)C1=CC=C(C#N)CC1. The molecule has 0 N–H and O–H groups in total. The van der Waals surface area contributed by atoms with Gasteiger partial charge in [0.25, 0.3) is 0 Å². The average Bonchev–Trinajstić information content (AvgIpc) is 2.39. The van der Waals surface area contributed by atoms with Gasteiger partial charge in [-0.15, -0.1) is 6.42 Å². The van der Waals surface area contributed by atoms with Crippen LogP contribution in [0.1, 0.15) is 19.8 Å². The molecule has 0 heterocycles. The Bertz CT molecular complexity index is 549. The minimum Gasteiger partial charge on any atom is -0.193 e. The lowest BCUT2D eigenvalue weighted by atomic mass is 9.93. The van der Waals surface area contributed by atoms with Crippen molar-refractivity contribution in [2.75, 3.05) is 0 Å². The number of hydrogen-bond donors (Lipinski definition) is 0. The molecular formula is C15H12N2. The molecule has 0 amide bonds. The van der Waals surface area contributed by atoms with E-state index in [1.165, 1.54) is 0 Å². The van der Waals surface area contributed by atoms with Crippen LogP contribution in [-0.2, 0) is 0 Å². The summed E-state index contributed by atoms with van der Waals surface area (Å²) in [4.78, 5) is 0. The van der Waals surface area contributed by atoms with Crippen molar-refractivity contribution in [1.29, 1.82) is 10.5 Å². The maximum Gasteiger partial charge on any atom is 0.0947 e. The summed E-state index contributed by atoms with van der Waals surface area (Å²) >= 11 is 0. The zero-order chi connectivity index (χ0) is 12.7. The van der Waals surface area contributed by atoms with E-state index in [1.807, 2.05) is 12.1 Å². The Labute approximate surface area is 102 Å². The number of hydrogen-bond acceptors (Lipinski definition) is 2. The van der Waals surface area contributed by atoms with Crippen molar-refractivity contribution in [1.82, 2.24) is 0 Å². The van der Waals surface area contributed by atoms with E-state index in [0.717, 1.165) is 29.6 Å². The molecule has 2 nitrogen and oxygen atoms in total. The molecule has 0 bridgehead atoms. The van der Waals surface area contributed by atoms with Gasteiger partial charge in [-0.25, -0.2) is 0 Å². The van der Waals surface area contributed by atoms with E-state index < -0.39 is 0 Å². The predicted molar refractivity (Wildman–Crippen MR) is 67.3 cm³/mol. The zero-order valence-electron chi connectivity index (χ0n) is 9.70. The van der Waals surface area contributed by atoms with Crippen LogP contribution in [0.5, 0.6) is 0 Å². The largest absolute Gasteiger partial charge is 0.193 e. The lowest BCUT2D eigenvalue weighted by Crippen LogP contribution is -1.94. The molecule has 0 atom stereocenters. The molecule has 0 aromatic carbocycles. The van der Waals surface area contributed by atoms with Crippen LogP contribution >= 0.6 is 0 Å². The van der Waals surface area contributed by atoms with Crippen molar-refractivity contribution in [2.24, 2.45) is 0 Å². The Balaban J connectivity index is 2.97. The topological polar surface area (TPSA) is 47.6 Å². The normalized spacial score (nSPS) is 16.1. The van der Waals surface area contributed by atoms with E-state index in [1.54, 1.807) is 25.2 Å². The number of nitrogens with zero attached hydrogens (tertiary/aromatic N) is 2. The molecule has 0 spiro atoms. The van der Waals surface area contributed by atoms with Crippen LogP contribution in [0.15, 0.2) is 46.6 Å². The van der Waals surface area contributed by atoms with Crippen molar-refractivity contribution < 1.29 is 0 Å². The van der Waals surface area contributed by atoms with Gasteiger partial charge in [0.2, 0.25) is 0 Å². The molecule has 0 aromatic rings. The van der Waals surface area contributed by atoms with Gasteiger partial charge in [-0.2, -0.15) is 10.5 Å². The fourth-order valence-electron chi connectivity index (χ4n) is 1.45. The van der Waals surface area contributed by atoms with E-state index in [-0.39, 0.29) is 0 Å². The second-order valence-corrected chi connectivity index (χ2v) is 3.68. The zero-order valence-corrected chi connectivity index (χ0v) is 9.70. The second kappa shape index (κ2) is 6.16. The quantitative estimate of drug-likeness (QED) is 0.407. The maximum atomic E-state index is 8.73.